The quantitative estimate of drug-likeness (QED) is 0.592. The van der Waals surface area contributed by atoms with Crippen LogP contribution in [0.3, 0.4) is 0 Å². The zero-order valence-electron chi connectivity index (χ0n) is 8.81. The van der Waals surface area contributed by atoms with Crippen LogP contribution in [0.25, 0.3) is 0 Å². The normalized spacial score (nSPS) is 25.2. The third-order valence-electron chi connectivity index (χ3n) is 2.42. The molecule has 2 unspecified atom stereocenters. The standard InChI is InChI=1S/C9H17N3O3/c1-12(5-8(11)13)9(14)7-3-2-6(4-10)15-7/h6-7H,2-5,10H2,1H3,(H2,11,13). The largest absolute Gasteiger partial charge is 0.368 e. The number of ether oxygens (including phenoxy) is 1. The number of nitrogens with two attached hydrogens (primary N) is 2. The summed E-state index contributed by atoms with van der Waals surface area (Å²) in [6, 6.07) is 0. The van der Waals surface area contributed by atoms with Gasteiger partial charge in [-0.1, -0.05) is 0 Å². The van der Waals surface area contributed by atoms with Crippen LogP contribution in [0.4, 0.5) is 0 Å². The van der Waals surface area contributed by atoms with Crippen molar-refractivity contribution in [1.29, 1.82) is 0 Å². The monoisotopic (exact) mass is 215 g/mol. The van der Waals surface area contributed by atoms with E-state index in [1.807, 2.05) is 0 Å². The predicted molar refractivity (Wildman–Crippen MR) is 53.8 cm³/mol. The summed E-state index contributed by atoms with van der Waals surface area (Å²) in [5, 5.41) is 0. The van der Waals surface area contributed by atoms with Gasteiger partial charge in [0.1, 0.15) is 6.10 Å². The van der Waals surface area contributed by atoms with Crippen LogP contribution in [0.15, 0.2) is 0 Å². The van der Waals surface area contributed by atoms with E-state index in [1.54, 1.807) is 0 Å². The highest BCUT2D eigenvalue weighted by molar-refractivity contribution is 5.86. The van der Waals surface area contributed by atoms with Crippen molar-refractivity contribution in [2.75, 3.05) is 20.1 Å². The van der Waals surface area contributed by atoms with Gasteiger partial charge in [-0.3, -0.25) is 9.59 Å². The Labute approximate surface area is 88.5 Å². The summed E-state index contributed by atoms with van der Waals surface area (Å²) in [5.74, 6) is -0.732. The fraction of sp³-hybridized carbons (Fsp3) is 0.778. The summed E-state index contributed by atoms with van der Waals surface area (Å²) in [4.78, 5) is 23.6. The molecule has 86 valence electrons. The van der Waals surface area contributed by atoms with E-state index >= 15 is 0 Å². The molecule has 1 saturated heterocycles. The Hall–Kier alpha value is -1.14. The second kappa shape index (κ2) is 5.09. The van der Waals surface area contributed by atoms with Crippen molar-refractivity contribution in [3.8, 4) is 0 Å². The van der Waals surface area contributed by atoms with Gasteiger partial charge in [0.05, 0.1) is 12.6 Å². The molecular formula is C9H17N3O3. The fourth-order valence-electron chi connectivity index (χ4n) is 1.62. The molecule has 1 aliphatic heterocycles. The Morgan fingerprint density at radius 2 is 2.13 bits per heavy atom. The van der Waals surface area contributed by atoms with Crippen molar-refractivity contribution >= 4 is 11.8 Å². The van der Waals surface area contributed by atoms with E-state index in [0.29, 0.717) is 13.0 Å². The molecule has 6 nitrogen and oxygen atoms in total. The summed E-state index contributed by atoms with van der Waals surface area (Å²) in [5.41, 5.74) is 10.4. The predicted octanol–water partition coefficient (Wildman–Crippen LogP) is -1.56. The molecule has 0 bridgehead atoms. The Morgan fingerprint density at radius 3 is 2.60 bits per heavy atom. The number of nitrogens with zero attached hydrogens (tertiary/aromatic N) is 1. The molecule has 2 atom stereocenters. The summed E-state index contributed by atoms with van der Waals surface area (Å²) >= 11 is 0. The van der Waals surface area contributed by atoms with E-state index in [1.165, 1.54) is 11.9 Å². The average molecular weight is 215 g/mol. The van der Waals surface area contributed by atoms with Crippen LogP contribution in [0.5, 0.6) is 0 Å². The Morgan fingerprint density at radius 1 is 1.47 bits per heavy atom. The van der Waals surface area contributed by atoms with Crippen LogP contribution in [-0.4, -0.2) is 49.1 Å². The molecule has 2 amide bonds. The molecule has 1 fully saturated rings. The second-order valence-corrected chi connectivity index (χ2v) is 3.72. The van der Waals surface area contributed by atoms with Crippen molar-refractivity contribution in [2.24, 2.45) is 11.5 Å². The van der Waals surface area contributed by atoms with Gasteiger partial charge in [0, 0.05) is 13.6 Å². The molecule has 0 aromatic rings. The van der Waals surface area contributed by atoms with Gasteiger partial charge in [-0.2, -0.15) is 0 Å². The minimum atomic E-state index is -0.528. The topological polar surface area (TPSA) is 98.7 Å². The fourth-order valence-corrected chi connectivity index (χ4v) is 1.62. The lowest BCUT2D eigenvalue weighted by Crippen LogP contribution is -2.41. The number of carbonyl (C=O) groups is 2. The van der Waals surface area contributed by atoms with E-state index in [-0.39, 0.29) is 18.6 Å². The number of hydrogen-bond donors (Lipinski definition) is 2. The maximum absolute atomic E-state index is 11.7. The number of carbonyl (C=O) groups excluding carboxylic acids is 2. The molecule has 6 heteroatoms. The minimum absolute atomic E-state index is 0.0408. The van der Waals surface area contributed by atoms with Gasteiger partial charge >= 0.3 is 0 Å². The van der Waals surface area contributed by atoms with Crippen LogP contribution in [0, 0.1) is 0 Å². The van der Waals surface area contributed by atoms with Gasteiger partial charge in [0.25, 0.3) is 5.91 Å². The molecule has 4 N–H and O–H groups in total. The number of likely N-dealkylation sites (N-methyl/N-ethyl adjacent to an activating group) is 1. The minimum Gasteiger partial charge on any atom is -0.368 e. The van der Waals surface area contributed by atoms with Crippen molar-refractivity contribution < 1.29 is 14.3 Å². The Kier molecular flexibility index (Phi) is 4.05. The van der Waals surface area contributed by atoms with Crippen LogP contribution >= 0.6 is 0 Å². The Balaban J connectivity index is 2.44. The molecule has 1 rings (SSSR count). The summed E-state index contributed by atoms with van der Waals surface area (Å²) in [6.45, 7) is 0.343. The van der Waals surface area contributed by atoms with Gasteiger partial charge in [-0.05, 0) is 12.8 Å². The van der Waals surface area contributed by atoms with Crippen molar-refractivity contribution in [1.82, 2.24) is 4.90 Å². The molecule has 0 aromatic carbocycles. The SMILES string of the molecule is CN(CC(N)=O)C(=O)C1CCC(CN)O1. The zero-order chi connectivity index (χ0) is 11.4. The van der Waals surface area contributed by atoms with E-state index in [9.17, 15) is 9.59 Å². The molecule has 0 aromatic heterocycles. The van der Waals surface area contributed by atoms with E-state index in [4.69, 9.17) is 16.2 Å². The first kappa shape index (κ1) is 11.9. The third-order valence-corrected chi connectivity index (χ3v) is 2.42. The van der Waals surface area contributed by atoms with Crippen LogP contribution < -0.4 is 11.5 Å². The molecule has 15 heavy (non-hydrogen) atoms. The highest BCUT2D eigenvalue weighted by Gasteiger charge is 2.31. The van der Waals surface area contributed by atoms with Gasteiger partial charge in [0.15, 0.2) is 0 Å². The third kappa shape index (κ3) is 3.17. The Bertz CT molecular complexity index is 257. The highest BCUT2D eigenvalue weighted by Crippen LogP contribution is 2.20. The summed E-state index contributed by atoms with van der Waals surface area (Å²) in [6.07, 6.45) is 0.935. The zero-order valence-corrected chi connectivity index (χ0v) is 8.81. The van der Waals surface area contributed by atoms with Gasteiger partial charge < -0.3 is 21.1 Å². The lowest BCUT2D eigenvalue weighted by Gasteiger charge is -2.19. The van der Waals surface area contributed by atoms with Crippen LogP contribution in [0.1, 0.15) is 12.8 Å². The van der Waals surface area contributed by atoms with Gasteiger partial charge in [0.2, 0.25) is 5.91 Å². The molecule has 0 spiro atoms. The van der Waals surface area contributed by atoms with Crippen molar-refractivity contribution in [3.05, 3.63) is 0 Å². The highest BCUT2D eigenvalue weighted by atomic mass is 16.5. The molecule has 0 saturated carbocycles. The maximum atomic E-state index is 11.7. The number of rotatable bonds is 4. The maximum Gasteiger partial charge on any atom is 0.251 e. The van der Waals surface area contributed by atoms with Crippen molar-refractivity contribution in [2.45, 2.75) is 25.0 Å². The van der Waals surface area contributed by atoms with E-state index in [2.05, 4.69) is 0 Å². The average Bonchev–Trinajstić information content (AvgIpc) is 2.63. The number of hydrogen-bond acceptors (Lipinski definition) is 4. The summed E-state index contributed by atoms with van der Waals surface area (Å²) in [7, 11) is 1.53. The second-order valence-electron chi connectivity index (χ2n) is 3.72. The first-order valence-electron chi connectivity index (χ1n) is 4.93. The van der Waals surface area contributed by atoms with E-state index < -0.39 is 12.0 Å². The van der Waals surface area contributed by atoms with Gasteiger partial charge in [-0.15, -0.1) is 0 Å². The first-order chi connectivity index (χ1) is 7.04. The summed E-state index contributed by atoms with van der Waals surface area (Å²) < 4.78 is 5.41. The molecular weight excluding hydrogens is 198 g/mol. The lowest BCUT2D eigenvalue weighted by molar-refractivity contribution is -0.143. The molecule has 0 radical (unpaired) electrons. The van der Waals surface area contributed by atoms with Crippen molar-refractivity contribution in [3.63, 3.8) is 0 Å². The van der Waals surface area contributed by atoms with Crippen LogP contribution in [0.2, 0.25) is 0 Å². The molecule has 1 aliphatic rings. The molecule has 0 aliphatic carbocycles. The van der Waals surface area contributed by atoms with Crippen LogP contribution in [-0.2, 0) is 14.3 Å². The first-order valence-corrected chi connectivity index (χ1v) is 4.93. The smallest absolute Gasteiger partial charge is 0.251 e. The lowest BCUT2D eigenvalue weighted by atomic mass is 10.2. The van der Waals surface area contributed by atoms with E-state index in [0.717, 1.165) is 6.42 Å². The number of primary amides is 1. The molecule has 1 heterocycles. The number of amides is 2. The van der Waals surface area contributed by atoms with Gasteiger partial charge in [-0.25, -0.2) is 0 Å².